The lowest BCUT2D eigenvalue weighted by molar-refractivity contribution is -0.270. The molecule has 0 spiro atoms. The first-order valence-corrected chi connectivity index (χ1v) is 16.0. The maximum atomic E-state index is 12.0. The third kappa shape index (κ3) is 15.2. The van der Waals surface area contributed by atoms with E-state index in [-0.39, 0.29) is 58.4 Å². The van der Waals surface area contributed by atoms with E-state index in [0.717, 1.165) is 0 Å². The van der Waals surface area contributed by atoms with Crippen molar-refractivity contribution in [3.05, 3.63) is 0 Å². The summed E-state index contributed by atoms with van der Waals surface area (Å²) in [6.45, 7) is 6.37. The first kappa shape index (κ1) is 39.8. The third-order valence-electron chi connectivity index (χ3n) is 6.30. The van der Waals surface area contributed by atoms with Gasteiger partial charge in [-0.1, -0.05) is 0 Å². The van der Waals surface area contributed by atoms with Gasteiger partial charge in [-0.3, -0.25) is 23.7 Å². The molecule has 1 heterocycles. The van der Waals surface area contributed by atoms with Crippen molar-refractivity contribution in [3.8, 4) is 0 Å². The molecule has 8 N–H and O–H groups in total. The zero-order chi connectivity index (χ0) is 33.3. The van der Waals surface area contributed by atoms with Gasteiger partial charge in [0.25, 0.3) is 0 Å². The van der Waals surface area contributed by atoms with Crippen LogP contribution in [0.4, 0.5) is 0 Å². The van der Waals surface area contributed by atoms with E-state index in [1.165, 1.54) is 6.92 Å². The fraction of sp³-hybridized carbons (Fsp3) is 0.846. The Morgan fingerprint density at radius 1 is 0.864 bits per heavy atom. The number of nitrogens with one attached hydrogen (secondary N) is 4. The number of rotatable bonds is 20. The number of aliphatic hydroxyl groups is 3. The molecule has 44 heavy (non-hydrogen) atoms. The molecule has 18 heteroatoms. The van der Waals surface area contributed by atoms with Crippen LogP contribution < -0.4 is 21.3 Å². The zero-order valence-electron chi connectivity index (χ0n) is 25.8. The molecule has 6 atom stereocenters. The summed E-state index contributed by atoms with van der Waals surface area (Å²) >= 11 is 0. The topological polar surface area (TPSA) is 251 Å². The molecule has 256 valence electrons. The molecule has 3 unspecified atom stereocenters. The van der Waals surface area contributed by atoms with E-state index >= 15 is 0 Å². The van der Waals surface area contributed by atoms with Crippen LogP contribution in [0.25, 0.3) is 0 Å². The lowest BCUT2D eigenvalue weighted by Crippen LogP contribution is -2.64. The molecule has 1 rings (SSSR count). The molecule has 4 amide bonds. The fourth-order valence-corrected chi connectivity index (χ4v) is 4.45. The molecule has 0 radical (unpaired) electrons. The molecule has 1 fully saturated rings. The first-order valence-electron chi connectivity index (χ1n) is 14.5. The third-order valence-corrected chi connectivity index (χ3v) is 8.52. The molecule has 0 aliphatic carbocycles. The fourth-order valence-electron chi connectivity index (χ4n) is 3.68. The SMILES string of the molecule is CC(=O)NC1[C@H](OCCCNC(=O)CCOCCNC(=O)CC(=O)NCCCOP(=O)(O)C(C)(C)C)OC(CO)[C@H](O)[C@@H]1O. The van der Waals surface area contributed by atoms with Gasteiger partial charge in [0.1, 0.15) is 30.8 Å². The Hall–Kier alpha value is -2.21. The second-order valence-electron chi connectivity index (χ2n) is 11.1. The minimum absolute atomic E-state index is 0.0106. The molecule has 0 aromatic rings. The van der Waals surface area contributed by atoms with Crippen molar-refractivity contribution in [2.75, 3.05) is 52.7 Å². The van der Waals surface area contributed by atoms with E-state index in [1.807, 2.05) is 0 Å². The van der Waals surface area contributed by atoms with Crippen molar-refractivity contribution in [1.82, 2.24) is 21.3 Å². The maximum absolute atomic E-state index is 12.0. The van der Waals surface area contributed by atoms with Crippen LogP contribution in [0.2, 0.25) is 0 Å². The lowest BCUT2D eigenvalue weighted by atomic mass is 9.97. The van der Waals surface area contributed by atoms with E-state index in [4.69, 9.17) is 18.7 Å². The second kappa shape index (κ2) is 20.0. The van der Waals surface area contributed by atoms with Crippen molar-refractivity contribution >= 4 is 31.2 Å². The molecular formula is C26H49N4O13P. The van der Waals surface area contributed by atoms with Crippen molar-refractivity contribution in [1.29, 1.82) is 0 Å². The zero-order valence-corrected chi connectivity index (χ0v) is 26.7. The van der Waals surface area contributed by atoms with Gasteiger partial charge in [-0.2, -0.15) is 0 Å². The normalized spacial score (nSPS) is 23.3. The van der Waals surface area contributed by atoms with Crippen LogP contribution in [0.15, 0.2) is 0 Å². The average Bonchev–Trinajstić information content (AvgIpc) is 2.92. The predicted octanol–water partition coefficient (Wildman–Crippen LogP) is -2.13. The van der Waals surface area contributed by atoms with Gasteiger partial charge in [0.15, 0.2) is 6.29 Å². The Morgan fingerprint density at radius 3 is 2.05 bits per heavy atom. The van der Waals surface area contributed by atoms with E-state index < -0.39 is 74.1 Å². The number of carbonyl (C=O) groups is 4. The van der Waals surface area contributed by atoms with Crippen LogP contribution in [0, 0.1) is 0 Å². The van der Waals surface area contributed by atoms with E-state index in [0.29, 0.717) is 12.8 Å². The Balaban J connectivity index is 2.10. The Morgan fingerprint density at radius 2 is 1.45 bits per heavy atom. The number of ether oxygens (including phenoxy) is 3. The van der Waals surface area contributed by atoms with Crippen LogP contribution in [0.3, 0.4) is 0 Å². The maximum Gasteiger partial charge on any atom is 0.333 e. The standard InChI is InChI=1S/C26H49N4O13P/c1-17(32)30-22-24(37)23(36)18(16-31)43-25(22)41-11-5-8-27-19(33)7-13-40-14-10-29-21(35)15-20(34)28-9-6-12-42-44(38,39)26(2,3)4/h18,22-25,31,36-37H,5-16H2,1-4H3,(H,27,33)(H,28,34)(H,29,35)(H,30,32)(H,38,39)/t18?,22?,23-,24+,25+/m0/s1. The summed E-state index contributed by atoms with van der Waals surface area (Å²) in [6, 6.07) is -1.04. The molecule has 0 bridgehead atoms. The smallest absolute Gasteiger partial charge is 0.333 e. The van der Waals surface area contributed by atoms with Gasteiger partial charge < -0.3 is 60.2 Å². The molecule has 0 saturated carbocycles. The Kier molecular flexibility index (Phi) is 18.1. The van der Waals surface area contributed by atoms with E-state index in [2.05, 4.69) is 21.3 Å². The van der Waals surface area contributed by atoms with Gasteiger partial charge in [0.2, 0.25) is 23.6 Å². The Bertz CT molecular complexity index is 965. The minimum atomic E-state index is -3.76. The monoisotopic (exact) mass is 656 g/mol. The Labute approximate surface area is 257 Å². The van der Waals surface area contributed by atoms with Gasteiger partial charge in [0, 0.05) is 33.0 Å². The summed E-state index contributed by atoms with van der Waals surface area (Å²) in [4.78, 5) is 57.0. The average molecular weight is 657 g/mol. The van der Waals surface area contributed by atoms with Crippen molar-refractivity contribution in [2.45, 2.75) is 89.2 Å². The van der Waals surface area contributed by atoms with Crippen molar-refractivity contribution in [2.24, 2.45) is 0 Å². The highest BCUT2D eigenvalue weighted by atomic mass is 31.2. The molecular weight excluding hydrogens is 607 g/mol. The molecule has 0 aromatic heterocycles. The number of aliphatic hydroxyl groups excluding tert-OH is 3. The highest BCUT2D eigenvalue weighted by molar-refractivity contribution is 7.54. The summed E-state index contributed by atoms with van der Waals surface area (Å²) < 4.78 is 33.4. The number of hydrogen-bond acceptors (Lipinski definition) is 12. The number of amides is 4. The van der Waals surface area contributed by atoms with E-state index in [1.54, 1.807) is 20.8 Å². The van der Waals surface area contributed by atoms with Gasteiger partial charge in [-0.05, 0) is 33.6 Å². The summed E-state index contributed by atoms with van der Waals surface area (Å²) in [6.07, 6.45) is -4.65. The van der Waals surface area contributed by atoms with Gasteiger partial charge in [-0.15, -0.1) is 0 Å². The van der Waals surface area contributed by atoms with Crippen LogP contribution in [0.1, 0.15) is 53.4 Å². The molecule has 1 aliphatic heterocycles. The number of carbonyl (C=O) groups excluding carboxylic acids is 4. The number of hydrogen-bond donors (Lipinski definition) is 8. The van der Waals surface area contributed by atoms with E-state index in [9.17, 15) is 44.0 Å². The van der Waals surface area contributed by atoms with Crippen LogP contribution >= 0.6 is 7.60 Å². The summed E-state index contributed by atoms with van der Waals surface area (Å²) in [5.41, 5.74) is 0. The summed E-state index contributed by atoms with van der Waals surface area (Å²) in [7, 11) is -3.76. The first-order chi connectivity index (χ1) is 20.6. The van der Waals surface area contributed by atoms with Crippen molar-refractivity contribution in [3.63, 3.8) is 0 Å². The minimum Gasteiger partial charge on any atom is -0.394 e. The highest BCUT2D eigenvalue weighted by Crippen LogP contribution is 2.54. The van der Waals surface area contributed by atoms with Crippen molar-refractivity contribution < 1.29 is 62.7 Å². The summed E-state index contributed by atoms with van der Waals surface area (Å²) in [5.74, 6) is -1.75. The second-order valence-corrected chi connectivity index (χ2v) is 13.8. The largest absolute Gasteiger partial charge is 0.394 e. The molecule has 0 aromatic carbocycles. The van der Waals surface area contributed by atoms with Gasteiger partial charge in [-0.25, -0.2) is 0 Å². The predicted molar refractivity (Wildman–Crippen MR) is 155 cm³/mol. The molecule has 17 nitrogen and oxygen atoms in total. The van der Waals surface area contributed by atoms with Crippen LogP contribution in [-0.2, 0) is 42.5 Å². The quantitative estimate of drug-likeness (QED) is 0.0397. The van der Waals surface area contributed by atoms with Crippen LogP contribution in [-0.4, -0.2) is 132 Å². The van der Waals surface area contributed by atoms with Crippen LogP contribution in [0.5, 0.6) is 0 Å². The van der Waals surface area contributed by atoms with Gasteiger partial charge >= 0.3 is 7.60 Å². The lowest BCUT2D eigenvalue weighted by Gasteiger charge is -2.42. The summed E-state index contributed by atoms with van der Waals surface area (Å²) in [5, 5.41) is 38.9. The van der Waals surface area contributed by atoms with Gasteiger partial charge in [0.05, 0.1) is 38.2 Å². The molecule has 1 saturated heterocycles. The highest BCUT2D eigenvalue weighted by Gasteiger charge is 2.45. The molecule has 1 aliphatic rings.